The monoisotopic (exact) mass is 454 g/mol. The third kappa shape index (κ3) is 3.12. The van der Waals surface area contributed by atoms with Crippen LogP contribution in [-0.2, 0) is 0 Å². The van der Waals surface area contributed by atoms with Crippen LogP contribution in [0.2, 0.25) is 0 Å². The molecule has 5 aliphatic rings. The molecule has 5 rings (SSSR count). The molecule has 0 aromatic carbocycles. The standard InChI is InChI=1S/C32H54O/c1-21(12-16-29(6)20-27(29,2)3)22-13-18-32(9)24-10-11-25-28(4,5)26(33)15-17-30(25,7)23(24)14-19-31(22,32)8/h14,21-22,24-26,33H,10-13,15-20H2,1-9H3/t21-,22-,24-,25+,26+,29-,30-,31-,32+/m1/s1. The van der Waals surface area contributed by atoms with E-state index in [1.54, 1.807) is 0 Å². The first-order valence-electron chi connectivity index (χ1n) is 14.5. The van der Waals surface area contributed by atoms with Crippen LogP contribution in [0.1, 0.15) is 127 Å². The molecule has 0 heterocycles. The zero-order valence-corrected chi connectivity index (χ0v) is 23.5. The second-order valence-electron chi connectivity index (χ2n) is 16.0. The second-order valence-corrected chi connectivity index (χ2v) is 16.0. The van der Waals surface area contributed by atoms with Crippen molar-refractivity contribution in [1.82, 2.24) is 0 Å². The summed E-state index contributed by atoms with van der Waals surface area (Å²) < 4.78 is 0. The minimum Gasteiger partial charge on any atom is -0.393 e. The number of aliphatic hydroxyl groups is 1. The largest absolute Gasteiger partial charge is 0.393 e. The van der Waals surface area contributed by atoms with E-state index in [0.717, 1.165) is 24.2 Å². The lowest BCUT2D eigenvalue weighted by Gasteiger charge is -2.64. The highest BCUT2D eigenvalue weighted by atomic mass is 16.3. The lowest BCUT2D eigenvalue weighted by molar-refractivity contribution is -0.118. The van der Waals surface area contributed by atoms with E-state index in [-0.39, 0.29) is 11.5 Å². The van der Waals surface area contributed by atoms with Gasteiger partial charge in [0.2, 0.25) is 0 Å². The van der Waals surface area contributed by atoms with Gasteiger partial charge in [0.25, 0.3) is 0 Å². The van der Waals surface area contributed by atoms with Gasteiger partial charge in [0.05, 0.1) is 6.10 Å². The van der Waals surface area contributed by atoms with E-state index < -0.39 is 0 Å². The normalized spacial score (nSPS) is 52.8. The summed E-state index contributed by atoms with van der Waals surface area (Å²) in [6.45, 7) is 22.8. The Morgan fingerprint density at radius 1 is 0.909 bits per heavy atom. The van der Waals surface area contributed by atoms with Crippen LogP contribution in [0.15, 0.2) is 11.6 Å². The Morgan fingerprint density at radius 2 is 1.58 bits per heavy atom. The Balaban J connectivity index is 1.40. The maximum Gasteiger partial charge on any atom is 0.0594 e. The summed E-state index contributed by atoms with van der Waals surface area (Å²) in [6.07, 6.45) is 15.9. The van der Waals surface area contributed by atoms with E-state index >= 15 is 0 Å². The average Bonchev–Trinajstić information content (AvgIpc) is 3.09. The van der Waals surface area contributed by atoms with E-state index in [1.807, 2.05) is 5.57 Å². The summed E-state index contributed by atoms with van der Waals surface area (Å²) >= 11 is 0. The average molecular weight is 455 g/mol. The minimum atomic E-state index is -0.132. The molecule has 0 aromatic heterocycles. The lowest BCUT2D eigenvalue weighted by Crippen LogP contribution is -2.57. The molecule has 4 saturated carbocycles. The zero-order valence-electron chi connectivity index (χ0n) is 23.5. The fraction of sp³-hybridized carbons (Fsp3) is 0.938. The van der Waals surface area contributed by atoms with Crippen molar-refractivity contribution in [3.63, 3.8) is 0 Å². The molecule has 0 spiro atoms. The van der Waals surface area contributed by atoms with Crippen molar-refractivity contribution in [2.24, 2.45) is 56.2 Å². The van der Waals surface area contributed by atoms with Gasteiger partial charge < -0.3 is 5.11 Å². The summed E-state index contributed by atoms with van der Waals surface area (Å²) in [4.78, 5) is 0. The Labute approximate surface area is 205 Å². The maximum absolute atomic E-state index is 10.8. The molecule has 9 atom stereocenters. The molecule has 5 aliphatic carbocycles. The molecule has 0 unspecified atom stereocenters. The Morgan fingerprint density at radius 3 is 2.21 bits per heavy atom. The first-order chi connectivity index (χ1) is 15.1. The van der Waals surface area contributed by atoms with Gasteiger partial charge in [-0.3, -0.25) is 0 Å². The lowest BCUT2D eigenvalue weighted by atomic mass is 9.41. The highest BCUT2D eigenvalue weighted by Gasteiger charge is 2.65. The van der Waals surface area contributed by atoms with Gasteiger partial charge >= 0.3 is 0 Å². The quantitative estimate of drug-likeness (QED) is 0.421. The van der Waals surface area contributed by atoms with Crippen molar-refractivity contribution in [2.75, 3.05) is 0 Å². The van der Waals surface area contributed by atoms with Crippen molar-refractivity contribution in [3.05, 3.63) is 11.6 Å². The van der Waals surface area contributed by atoms with Crippen LogP contribution in [0.3, 0.4) is 0 Å². The predicted octanol–water partition coefficient (Wildman–Crippen LogP) is 8.81. The van der Waals surface area contributed by atoms with Gasteiger partial charge in [-0.25, -0.2) is 0 Å². The molecule has 0 saturated heterocycles. The Hall–Kier alpha value is -0.300. The molecule has 1 N–H and O–H groups in total. The molecule has 0 amide bonds. The third-order valence-electron chi connectivity index (χ3n) is 14.0. The Kier molecular flexibility index (Phi) is 5.28. The molecule has 0 radical (unpaired) electrons. The molecule has 1 heteroatoms. The smallest absolute Gasteiger partial charge is 0.0594 e. The molecule has 1 nitrogen and oxygen atoms in total. The van der Waals surface area contributed by atoms with Crippen LogP contribution >= 0.6 is 0 Å². The first-order valence-corrected chi connectivity index (χ1v) is 14.5. The molecular formula is C32H54O. The highest BCUT2D eigenvalue weighted by molar-refractivity contribution is 5.32. The fourth-order valence-electron chi connectivity index (χ4n) is 10.8. The summed E-state index contributed by atoms with van der Waals surface area (Å²) in [5, 5.41) is 10.8. The van der Waals surface area contributed by atoms with Crippen LogP contribution in [0.5, 0.6) is 0 Å². The topological polar surface area (TPSA) is 20.2 Å². The number of allylic oxidation sites excluding steroid dienone is 2. The van der Waals surface area contributed by atoms with E-state index in [2.05, 4.69) is 68.4 Å². The van der Waals surface area contributed by atoms with Crippen LogP contribution in [0.4, 0.5) is 0 Å². The second kappa shape index (κ2) is 7.14. The number of rotatable bonds is 4. The number of hydrogen-bond acceptors (Lipinski definition) is 1. The van der Waals surface area contributed by atoms with Crippen LogP contribution in [-0.4, -0.2) is 11.2 Å². The van der Waals surface area contributed by atoms with E-state index in [1.165, 1.54) is 57.8 Å². The van der Waals surface area contributed by atoms with Crippen LogP contribution in [0.25, 0.3) is 0 Å². The number of aliphatic hydroxyl groups excluding tert-OH is 1. The summed E-state index contributed by atoms with van der Waals surface area (Å²) in [5.74, 6) is 3.11. The number of hydrogen-bond donors (Lipinski definition) is 1. The van der Waals surface area contributed by atoms with Gasteiger partial charge in [-0.05, 0) is 120 Å². The van der Waals surface area contributed by atoms with Gasteiger partial charge in [-0.1, -0.05) is 74.0 Å². The van der Waals surface area contributed by atoms with E-state index in [4.69, 9.17) is 0 Å². The van der Waals surface area contributed by atoms with Crippen molar-refractivity contribution in [3.8, 4) is 0 Å². The SMILES string of the molecule is C[C@H](CC[C@]1(C)CC1(C)C)[C@H]1CC[C@@]2(C)[C@@H]3CC[C@H]4C(C)(C)[C@@H](O)CC[C@]4(C)C3=CC[C@]12C. The Bertz CT molecular complexity index is 835. The molecular weight excluding hydrogens is 400 g/mol. The van der Waals surface area contributed by atoms with Gasteiger partial charge in [0.15, 0.2) is 0 Å². The summed E-state index contributed by atoms with van der Waals surface area (Å²) in [5.41, 5.74) is 4.22. The predicted molar refractivity (Wildman–Crippen MR) is 140 cm³/mol. The van der Waals surface area contributed by atoms with Crippen LogP contribution in [0, 0.1) is 56.2 Å². The molecule has 0 aliphatic heterocycles. The van der Waals surface area contributed by atoms with Crippen molar-refractivity contribution < 1.29 is 5.11 Å². The number of fused-ring (bicyclic) bond motifs is 5. The maximum atomic E-state index is 10.8. The summed E-state index contributed by atoms with van der Waals surface area (Å²) in [6, 6.07) is 0. The summed E-state index contributed by atoms with van der Waals surface area (Å²) in [7, 11) is 0. The fourth-order valence-corrected chi connectivity index (χ4v) is 10.8. The van der Waals surface area contributed by atoms with Crippen molar-refractivity contribution >= 4 is 0 Å². The van der Waals surface area contributed by atoms with Gasteiger partial charge in [-0.15, -0.1) is 0 Å². The van der Waals surface area contributed by atoms with Crippen LogP contribution < -0.4 is 0 Å². The zero-order chi connectivity index (χ0) is 24.2. The molecule has 188 valence electrons. The van der Waals surface area contributed by atoms with E-state index in [0.29, 0.717) is 33.0 Å². The minimum absolute atomic E-state index is 0.0416. The van der Waals surface area contributed by atoms with Gasteiger partial charge in [0.1, 0.15) is 0 Å². The van der Waals surface area contributed by atoms with Gasteiger partial charge in [0, 0.05) is 0 Å². The van der Waals surface area contributed by atoms with Crippen molar-refractivity contribution in [2.45, 2.75) is 133 Å². The van der Waals surface area contributed by atoms with E-state index in [9.17, 15) is 5.11 Å². The molecule has 4 fully saturated rings. The third-order valence-corrected chi connectivity index (χ3v) is 14.0. The van der Waals surface area contributed by atoms with Gasteiger partial charge in [-0.2, -0.15) is 0 Å². The highest BCUT2D eigenvalue weighted by Crippen LogP contribution is 2.73. The first kappa shape index (κ1) is 24.4. The molecule has 0 bridgehead atoms. The molecule has 33 heavy (non-hydrogen) atoms. The van der Waals surface area contributed by atoms with Crippen molar-refractivity contribution in [1.29, 1.82) is 0 Å². The molecule has 0 aromatic rings.